The fourth-order valence-corrected chi connectivity index (χ4v) is 3.62. The topological polar surface area (TPSA) is 111 Å². The minimum atomic E-state index is -0.808. The Labute approximate surface area is 126 Å². The Morgan fingerprint density at radius 1 is 1.43 bits per heavy atom. The molecule has 10 heteroatoms. The number of rotatable bonds is 4. The van der Waals surface area contributed by atoms with Crippen molar-refractivity contribution in [3.05, 3.63) is 38.0 Å². The molecule has 0 fully saturated rings. The average molecular weight is 324 g/mol. The second kappa shape index (κ2) is 5.47. The highest BCUT2D eigenvalue weighted by Gasteiger charge is 2.16. The van der Waals surface area contributed by atoms with Gasteiger partial charge in [0.05, 0.1) is 5.69 Å². The number of thiazole rings is 1. The molecule has 3 N–H and O–H groups in total. The molecule has 8 nitrogen and oxygen atoms in total. The van der Waals surface area contributed by atoms with E-state index in [-0.39, 0.29) is 0 Å². The summed E-state index contributed by atoms with van der Waals surface area (Å²) in [4.78, 5) is 31.8. The van der Waals surface area contributed by atoms with E-state index in [4.69, 9.17) is 5.73 Å². The first-order chi connectivity index (χ1) is 10.1. The first kappa shape index (κ1) is 14.0. The van der Waals surface area contributed by atoms with Crippen LogP contribution in [0, 0.1) is 0 Å². The van der Waals surface area contributed by atoms with Gasteiger partial charge in [-0.3, -0.25) is 23.8 Å². The highest BCUT2D eigenvalue weighted by Crippen LogP contribution is 2.29. The van der Waals surface area contributed by atoms with E-state index >= 15 is 0 Å². The predicted octanol–water partition coefficient (Wildman–Crippen LogP) is -0.170. The van der Waals surface area contributed by atoms with Gasteiger partial charge < -0.3 is 5.73 Å². The van der Waals surface area contributed by atoms with E-state index in [1.807, 2.05) is 16.0 Å². The third-order valence-corrected chi connectivity index (χ3v) is 4.67. The van der Waals surface area contributed by atoms with Crippen LogP contribution in [0.3, 0.4) is 0 Å². The fourth-order valence-electron chi connectivity index (χ4n) is 1.90. The normalized spacial score (nSPS) is 11.3. The number of aromatic nitrogens is 5. The van der Waals surface area contributed by atoms with Crippen LogP contribution in [0.4, 0.5) is 0 Å². The summed E-state index contributed by atoms with van der Waals surface area (Å²) in [5.74, 6) is 0. The zero-order valence-corrected chi connectivity index (χ0v) is 12.7. The van der Waals surface area contributed by atoms with Crippen molar-refractivity contribution in [1.82, 2.24) is 24.1 Å². The lowest BCUT2D eigenvalue weighted by Crippen LogP contribution is -2.33. The molecule has 0 aromatic carbocycles. The van der Waals surface area contributed by atoms with Gasteiger partial charge >= 0.3 is 11.1 Å². The van der Waals surface area contributed by atoms with Crippen LogP contribution in [0.1, 0.15) is 5.69 Å². The van der Waals surface area contributed by atoms with Crippen molar-refractivity contribution in [3.63, 3.8) is 0 Å². The summed E-state index contributed by atoms with van der Waals surface area (Å²) in [5, 5.41) is 5.48. The molecule has 0 amide bonds. The predicted molar refractivity (Wildman–Crippen MR) is 80.0 cm³/mol. The van der Waals surface area contributed by atoms with Gasteiger partial charge in [-0.15, -0.1) is 11.3 Å². The molecule has 0 bridgehead atoms. The second-order valence-corrected chi connectivity index (χ2v) is 6.09. The number of aryl methyl sites for hydroxylation is 1. The number of nitrogens with one attached hydrogen (secondary N) is 1. The SMILES string of the molecule is Cn1[nH]c(=O)c(=O)nc1Sc1nc2sccn2c1CCN. The monoisotopic (exact) mass is 324 g/mol. The van der Waals surface area contributed by atoms with Gasteiger partial charge in [-0.2, -0.15) is 4.98 Å². The number of H-pyrrole nitrogens is 1. The molecule has 0 saturated heterocycles. The van der Waals surface area contributed by atoms with Gasteiger partial charge in [0.2, 0.25) is 0 Å². The molecule has 0 spiro atoms. The van der Waals surface area contributed by atoms with E-state index in [2.05, 4.69) is 15.1 Å². The number of hydrogen-bond donors (Lipinski definition) is 2. The quantitative estimate of drug-likeness (QED) is 0.645. The zero-order chi connectivity index (χ0) is 15.0. The lowest BCUT2D eigenvalue weighted by Gasteiger charge is -2.05. The Kier molecular flexibility index (Phi) is 3.66. The third kappa shape index (κ3) is 2.52. The molecule has 0 aliphatic heterocycles. The fraction of sp³-hybridized carbons (Fsp3) is 0.273. The Morgan fingerprint density at radius 2 is 2.24 bits per heavy atom. The van der Waals surface area contributed by atoms with E-state index in [9.17, 15) is 9.59 Å². The van der Waals surface area contributed by atoms with Crippen molar-refractivity contribution >= 4 is 28.1 Å². The summed E-state index contributed by atoms with van der Waals surface area (Å²) in [6.07, 6.45) is 2.60. The van der Waals surface area contributed by atoms with Crippen LogP contribution in [0.2, 0.25) is 0 Å². The summed E-state index contributed by atoms with van der Waals surface area (Å²) in [7, 11) is 1.62. The Morgan fingerprint density at radius 3 is 3.00 bits per heavy atom. The van der Waals surface area contributed by atoms with Crippen LogP contribution in [0.25, 0.3) is 4.96 Å². The third-order valence-electron chi connectivity index (χ3n) is 2.84. The zero-order valence-electron chi connectivity index (χ0n) is 11.1. The second-order valence-electron chi connectivity index (χ2n) is 4.26. The van der Waals surface area contributed by atoms with Crippen molar-refractivity contribution in [2.45, 2.75) is 16.6 Å². The van der Waals surface area contributed by atoms with Crippen LogP contribution in [0.5, 0.6) is 0 Å². The molecule has 0 atom stereocenters. The largest absolute Gasteiger partial charge is 0.339 e. The highest BCUT2D eigenvalue weighted by molar-refractivity contribution is 7.99. The standard InChI is InChI=1S/C11H12N6O2S2/c1-16-10(13-7(18)8(19)15-16)21-9-6(2-3-12)17-4-5-20-11(17)14-9/h4-5H,2-3,12H2,1H3,(H,15,19). The van der Waals surface area contributed by atoms with Gasteiger partial charge in [0.1, 0.15) is 5.03 Å². The van der Waals surface area contributed by atoms with Crippen molar-refractivity contribution in [1.29, 1.82) is 0 Å². The van der Waals surface area contributed by atoms with Gasteiger partial charge in [-0.05, 0) is 18.3 Å². The van der Waals surface area contributed by atoms with Crippen LogP contribution in [0.15, 0.2) is 31.3 Å². The number of nitrogens with zero attached hydrogens (tertiary/aromatic N) is 4. The molecule has 0 saturated carbocycles. The highest BCUT2D eigenvalue weighted by atomic mass is 32.2. The van der Waals surface area contributed by atoms with E-state index in [0.29, 0.717) is 18.1 Å². The summed E-state index contributed by atoms with van der Waals surface area (Å²) >= 11 is 2.75. The minimum Gasteiger partial charge on any atom is -0.330 e. The average Bonchev–Trinajstić information content (AvgIpc) is 3.00. The molecule has 110 valence electrons. The van der Waals surface area contributed by atoms with Crippen LogP contribution < -0.4 is 16.9 Å². The van der Waals surface area contributed by atoms with Crippen LogP contribution >= 0.6 is 23.1 Å². The maximum Gasteiger partial charge on any atom is 0.339 e. The number of fused-ring (bicyclic) bond motifs is 1. The molecule has 3 aromatic rings. The molecular weight excluding hydrogens is 312 g/mol. The van der Waals surface area contributed by atoms with Crippen LogP contribution in [-0.2, 0) is 13.5 Å². The summed E-state index contributed by atoms with van der Waals surface area (Å²) in [6, 6.07) is 0. The summed E-state index contributed by atoms with van der Waals surface area (Å²) in [5.41, 5.74) is 5.07. The molecule has 3 rings (SSSR count). The van der Waals surface area contributed by atoms with Gasteiger partial charge in [0.25, 0.3) is 0 Å². The van der Waals surface area contributed by atoms with Gasteiger partial charge in [0.15, 0.2) is 10.1 Å². The van der Waals surface area contributed by atoms with Crippen molar-refractivity contribution in [2.24, 2.45) is 12.8 Å². The lowest BCUT2D eigenvalue weighted by molar-refractivity contribution is 0.596. The Hall–Kier alpha value is -1.91. The van der Waals surface area contributed by atoms with Crippen molar-refractivity contribution in [2.75, 3.05) is 6.54 Å². The summed E-state index contributed by atoms with van der Waals surface area (Å²) in [6.45, 7) is 0.495. The molecule has 0 radical (unpaired) electrons. The Balaban J connectivity index is 2.07. The van der Waals surface area contributed by atoms with Crippen LogP contribution in [-0.4, -0.2) is 30.7 Å². The maximum absolute atomic E-state index is 11.4. The number of imidazole rings is 1. The lowest BCUT2D eigenvalue weighted by atomic mass is 10.3. The first-order valence-corrected chi connectivity index (χ1v) is 7.79. The molecule has 21 heavy (non-hydrogen) atoms. The molecule has 0 unspecified atom stereocenters. The van der Waals surface area contributed by atoms with E-state index < -0.39 is 11.1 Å². The van der Waals surface area contributed by atoms with Gasteiger partial charge in [0, 0.05) is 25.0 Å². The molecule has 0 aliphatic rings. The van der Waals surface area contributed by atoms with Gasteiger partial charge in [-0.25, -0.2) is 4.98 Å². The molecule has 0 aliphatic carbocycles. The van der Waals surface area contributed by atoms with Crippen molar-refractivity contribution < 1.29 is 0 Å². The molecule has 3 aromatic heterocycles. The summed E-state index contributed by atoms with van der Waals surface area (Å²) < 4.78 is 3.39. The molecular formula is C11H12N6O2S2. The maximum atomic E-state index is 11.4. The number of hydrogen-bond acceptors (Lipinski definition) is 7. The smallest absolute Gasteiger partial charge is 0.330 e. The number of aromatic amines is 1. The van der Waals surface area contributed by atoms with Gasteiger partial charge in [-0.1, -0.05) is 0 Å². The minimum absolute atomic E-state index is 0.378. The molecule has 3 heterocycles. The first-order valence-electron chi connectivity index (χ1n) is 6.10. The number of nitrogens with two attached hydrogens (primary N) is 1. The van der Waals surface area contributed by atoms with E-state index in [0.717, 1.165) is 15.7 Å². The van der Waals surface area contributed by atoms with Crippen molar-refractivity contribution in [3.8, 4) is 0 Å². The Bertz CT molecular complexity index is 905. The van der Waals surface area contributed by atoms with E-state index in [1.165, 1.54) is 27.8 Å². The van der Waals surface area contributed by atoms with E-state index in [1.54, 1.807) is 7.05 Å².